The maximum Gasteiger partial charge on any atom is 0.162 e. The number of aryl methyl sites for hydroxylation is 1. The van der Waals surface area contributed by atoms with Crippen LogP contribution >= 0.6 is 0 Å². The quantitative estimate of drug-likeness (QED) is 0.632. The minimum Gasteiger partial charge on any atom is -0.294 e. The van der Waals surface area contributed by atoms with E-state index in [1.54, 1.807) is 0 Å². The third-order valence-electron chi connectivity index (χ3n) is 1.69. The van der Waals surface area contributed by atoms with Crippen LogP contribution in [0.2, 0.25) is 0 Å². The van der Waals surface area contributed by atoms with Crippen LogP contribution in [0.15, 0.2) is 24.3 Å². The van der Waals surface area contributed by atoms with Crippen molar-refractivity contribution in [1.82, 2.24) is 0 Å². The van der Waals surface area contributed by atoms with Crippen molar-refractivity contribution < 1.29 is 4.79 Å². The van der Waals surface area contributed by atoms with Gasteiger partial charge in [0.05, 0.1) is 0 Å². The predicted molar refractivity (Wildman–Crippen MR) is 57.1 cm³/mol. The van der Waals surface area contributed by atoms with Crippen molar-refractivity contribution in [1.29, 1.82) is 0 Å². The molecule has 0 fully saturated rings. The second-order valence-electron chi connectivity index (χ2n) is 2.64. The summed E-state index contributed by atoms with van der Waals surface area (Å²) >= 11 is 0. The third kappa shape index (κ3) is 3.88. The van der Waals surface area contributed by atoms with E-state index in [-0.39, 0.29) is 5.78 Å². The number of hydrogen-bond donors (Lipinski definition) is 0. The lowest BCUT2D eigenvalue weighted by Crippen LogP contribution is -1.95. The van der Waals surface area contributed by atoms with Gasteiger partial charge in [-0.1, -0.05) is 50.6 Å². The largest absolute Gasteiger partial charge is 0.294 e. The molecule has 0 spiro atoms. The Morgan fingerprint density at radius 2 is 1.62 bits per heavy atom. The van der Waals surface area contributed by atoms with Gasteiger partial charge in [0.1, 0.15) is 0 Å². The van der Waals surface area contributed by atoms with E-state index < -0.39 is 0 Å². The molecule has 72 valence electrons. The van der Waals surface area contributed by atoms with Crippen LogP contribution in [0.25, 0.3) is 0 Å². The molecule has 0 N–H and O–H groups in total. The Hall–Kier alpha value is -1.11. The Morgan fingerprint density at radius 3 is 2.00 bits per heavy atom. The lowest BCUT2D eigenvalue weighted by molar-refractivity contribution is 0.0988. The molecular weight excluding hydrogens is 160 g/mol. The Morgan fingerprint density at radius 1 is 1.15 bits per heavy atom. The number of rotatable bonds is 2. The molecule has 0 unspecified atom stereocenters. The van der Waals surface area contributed by atoms with Gasteiger partial charge in [-0.3, -0.25) is 4.79 Å². The van der Waals surface area contributed by atoms with Gasteiger partial charge in [-0.2, -0.15) is 0 Å². The molecule has 0 saturated carbocycles. The van der Waals surface area contributed by atoms with Crippen molar-refractivity contribution in [2.45, 2.75) is 34.1 Å². The van der Waals surface area contributed by atoms with Gasteiger partial charge < -0.3 is 0 Å². The summed E-state index contributed by atoms with van der Waals surface area (Å²) in [4.78, 5) is 11.1. The SMILES string of the molecule is CC.CCC(=O)c1ccc(C)cc1. The molecule has 1 heteroatoms. The molecule has 0 aliphatic heterocycles. The average molecular weight is 178 g/mol. The van der Waals surface area contributed by atoms with Gasteiger partial charge in [0.25, 0.3) is 0 Å². The highest BCUT2D eigenvalue weighted by Crippen LogP contribution is 2.05. The maximum atomic E-state index is 11.1. The molecule has 1 nitrogen and oxygen atoms in total. The zero-order chi connectivity index (χ0) is 10.3. The van der Waals surface area contributed by atoms with Crippen LogP contribution in [-0.2, 0) is 0 Å². The summed E-state index contributed by atoms with van der Waals surface area (Å²) in [7, 11) is 0. The van der Waals surface area contributed by atoms with Crippen molar-refractivity contribution in [3.8, 4) is 0 Å². The zero-order valence-corrected chi connectivity index (χ0v) is 8.92. The third-order valence-corrected chi connectivity index (χ3v) is 1.69. The highest BCUT2D eigenvalue weighted by atomic mass is 16.1. The summed E-state index contributed by atoms with van der Waals surface area (Å²) in [6.07, 6.45) is 0.586. The van der Waals surface area contributed by atoms with E-state index in [2.05, 4.69) is 0 Å². The summed E-state index contributed by atoms with van der Waals surface area (Å²) in [6, 6.07) is 7.67. The van der Waals surface area contributed by atoms with Crippen LogP contribution in [-0.4, -0.2) is 5.78 Å². The standard InChI is InChI=1S/C10H12O.C2H6/c1-3-10(11)9-6-4-8(2)5-7-9;1-2/h4-7H,3H2,1-2H3;1-2H3. The van der Waals surface area contributed by atoms with E-state index in [0.717, 1.165) is 5.56 Å². The summed E-state index contributed by atoms with van der Waals surface area (Å²) in [5, 5.41) is 0. The van der Waals surface area contributed by atoms with Crippen molar-refractivity contribution >= 4 is 5.78 Å². The zero-order valence-electron chi connectivity index (χ0n) is 8.92. The van der Waals surface area contributed by atoms with Crippen LogP contribution in [0.5, 0.6) is 0 Å². The van der Waals surface area contributed by atoms with E-state index in [9.17, 15) is 4.79 Å². The molecule has 0 aliphatic carbocycles. The second-order valence-corrected chi connectivity index (χ2v) is 2.64. The van der Waals surface area contributed by atoms with E-state index in [1.807, 2.05) is 52.0 Å². The molecule has 1 aromatic carbocycles. The molecular formula is C12H18O. The lowest BCUT2D eigenvalue weighted by Gasteiger charge is -1.96. The molecule has 0 amide bonds. The first-order valence-corrected chi connectivity index (χ1v) is 4.84. The molecule has 1 aromatic rings. The van der Waals surface area contributed by atoms with Crippen LogP contribution in [0.4, 0.5) is 0 Å². The van der Waals surface area contributed by atoms with Gasteiger partial charge in [0.2, 0.25) is 0 Å². The van der Waals surface area contributed by atoms with Gasteiger partial charge in [-0.25, -0.2) is 0 Å². The van der Waals surface area contributed by atoms with Crippen molar-refractivity contribution in [2.24, 2.45) is 0 Å². The first-order chi connectivity index (χ1) is 6.24. The summed E-state index contributed by atoms with van der Waals surface area (Å²) in [5.74, 6) is 0.213. The summed E-state index contributed by atoms with van der Waals surface area (Å²) in [5.41, 5.74) is 2.01. The first kappa shape index (κ1) is 11.9. The molecule has 1 rings (SSSR count). The van der Waals surface area contributed by atoms with Gasteiger partial charge in [0, 0.05) is 12.0 Å². The van der Waals surface area contributed by atoms with Crippen LogP contribution in [0, 0.1) is 6.92 Å². The smallest absolute Gasteiger partial charge is 0.162 e. The van der Waals surface area contributed by atoms with Crippen LogP contribution < -0.4 is 0 Å². The Balaban J connectivity index is 0.000000671. The molecule has 0 atom stereocenters. The predicted octanol–water partition coefficient (Wildman–Crippen LogP) is 3.61. The fourth-order valence-electron chi connectivity index (χ4n) is 0.944. The number of carbonyl (C=O) groups is 1. The number of ketones is 1. The molecule has 0 aromatic heterocycles. The highest BCUT2D eigenvalue weighted by molar-refractivity contribution is 5.95. The molecule has 0 heterocycles. The molecule has 0 bridgehead atoms. The van der Waals surface area contributed by atoms with Crippen LogP contribution in [0.1, 0.15) is 43.1 Å². The number of hydrogen-bond acceptors (Lipinski definition) is 1. The minimum atomic E-state index is 0.213. The van der Waals surface area contributed by atoms with Gasteiger partial charge in [0.15, 0.2) is 5.78 Å². The van der Waals surface area contributed by atoms with Crippen LogP contribution in [0.3, 0.4) is 0 Å². The fraction of sp³-hybridized carbons (Fsp3) is 0.417. The Kier molecular flexibility index (Phi) is 5.86. The molecule has 13 heavy (non-hydrogen) atoms. The fourth-order valence-corrected chi connectivity index (χ4v) is 0.944. The van der Waals surface area contributed by atoms with E-state index >= 15 is 0 Å². The average Bonchev–Trinajstić information content (AvgIpc) is 2.21. The van der Waals surface area contributed by atoms with Gasteiger partial charge in [-0.05, 0) is 6.92 Å². The monoisotopic (exact) mass is 178 g/mol. The maximum absolute atomic E-state index is 11.1. The normalized spacial score (nSPS) is 8.62. The van der Waals surface area contributed by atoms with E-state index in [1.165, 1.54) is 5.56 Å². The summed E-state index contributed by atoms with van der Waals surface area (Å²) < 4.78 is 0. The molecule has 0 radical (unpaired) electrons. The second kappa shape index (κ2) is 6.41. The topological polar surface area (TPSA) is 17.1 Å². The van der Waals surface area contributed by atoms with Crippen molar-refractivity contribution in [3.05, 3.63) is 35.4 Å². The van der Waals surface area contributed by atoms with Crippen molar-refractivity contribution in [2.75, 3.05) is 0 Å². The number of benzene rings is 1. The van der Waals surface area contributed by atoms with Gasteiger partial charge in [-0.15, -0.1) is 0 Å². The van der Waals surface area contributed by atoms with Crippen molar-refractivity contribution in [3.63, 3.8) is 0 Å². The molecule has 0 aliphatic rings. The Labute approximate surface area is 80.8 Å². The number of carbonyl (C=O) groups excluding carboxylic acids is 1. The summed E-state index contributed by atoms with van der Waals surface area (Å²) in [6.45, 7) is 7.89. The number of Topliss-reactive ketones (excluding diaryl/α,β-unsaturated/α-hetero) is 1. The van der Waals surface area contributed by atoms with E-state index in [4.69, 9.17) is 0 Å². The minimum absolute atomic E-state index is 0.213. The highest BCUT2D eigenvalue weighted by Gasteiger charge is 1.99. The molecule has 0 saturated heterocycles. The van der Waals surface area contributed by atoms with E-state index in [0.29, 0.717) is 6.42 Å². The Bertz CT molecular complexity index is 246. The van der Waals surface area contributed by atoms with Gasteiger partial charge >= 0.3 is 0 Å². The lowest BCUT2D eigenvalue weighted by atomic mass is 10.1. The first-order valence-electron chi connectivity index (χ1n) is 4.84.